The highest BCUT2D eigenvalue weighted by Crippen LogP contribution is 2.17. The third kappa shape index (κ3) is 63.4. The normalized spacial score (nSPS) is 12.6. The van der Waals surface area contributed by atoms with Gasteiger partial charge >= 0.3 is 17.9 Å². The number of hydrogen-bond donors (Lipinski definition) is 0. The van der Waals surface area contributed by atoms with E-state index in [1.807, 2.05) is 0 Å². The number of carbonyl (C=O) groups excluding carboxylic acids is 3. The van der Waals surface area contributed by atoms with Crippen LogP contribution in [0.15, 0.2) is 85.1 Å². The van der Waals surface area contributed by atoms with Crippen LogP contribution in [-0.4, -0.2) is 37.2 Å². The maximum Gasteiger partial charge on any atom is 0.306 e. The Morgan fingerprint density at radius 3 is 0.808 bits per heavy atom. The number of rotatable bonds is 61. The second kappa shape index (κ2) is 66.1. The first-order chi connectivity index (χ1) is 38.5. The maximum absolute atomic E-state index is 12.9. The van der Waals surface area contributed by atoms with E-state index in [0.717, 1.165) is 116 Å². The lowest BCUT2D eigenvalue weighted by Crippen LogP contribution is -2.30. The molecule has 0 aromatic rings. The highest BCUT2D eigenvalue weighted by atomic mass is 16.6. The molecule has 6 heteroatoms. The van der Waals surface area contributed by atoms with Crippen molar-refractivity contribution in [2.45, 2.75) is 341 Å². The van der Waals surface area contributed by atoms with Gasteiger partial charge in [0.25, 0.3) is 0 Å². The summed E-state index contributed by atoms with van der Waals surface area (Å²) in [5, 5.41) is 0. The van der Waals surface area contributed by atoms with E-state index in [4.69, 9.17) is 14.2 Å². The predicted molar refractivity (Wildman–Crippen MR) is 339 cm³/mol. The summed E-state index contributed by atoms with van der Waals surface area (Å²) in [5.41, 5.74) is 0. The molecule has 0 aliphatic rings. The van der Waals surface area contributed by atoms with Crippen molar-refractivity contribution in [2.75, 3.05) is 13.2 Å². The quantitative estimate of drug-likeness (QED) is 0.0261. The molecule has 1 atom stereocenters. The van der Waals surface area contributed by atoms with Gasteiger partial charge in [0.05, 0.1) is 0 Å². The second-order valence-corrected chi connectivity index (χ2v) is 22.4. The van der Waals surface area contributed by atoms with E-state index in [1.54, 1.807) is 0 Å². The van der Waals surface area contributed by atoms with Crippen LogP contribution in [0.25, 0.3) is 0 Å². The van der Waals surface area contributed by atoms with E-state index in [-0.39, 0.29) is 31.1 Å². The zero-order valence-electron chi connectivity index (χ0n) is 51.7. The van der Waals surface area contributed by atoms with Gasteiger partial charge in [0, 0.05) is 19.3 Å². The molecule has 0 heterocycles. The van der Waals surface area contributed by atoms with Crippen molar-refractivity contribution in [3.8, 4) is 0 Å². The molecule has 6 nitrogen and oxygen atoms in total. The molecule has 0 rings (SSSR count). The summed E-state index contributed by atoms with van der Waals surface area (Å²) < 4.78 is 16.9. The Morgan fingerprint density at radius 2 is 0.500 bits per heavy atom. The molecule has 0 N–H and O–H groups in total. The third-order valence-electron chi connectivity index (χ3n) is 14.6. The number of unbranched alkanes of at least 4 members (excludes halogenated alkanes) is 36. The minimum atomic E-state index is -0.782. The Bertz CT molecular complexity index is 1480. The minimum absolute atomic E-state index is 0.0773. The van der Waals surface area contributed by atoms with E-state index in [2.05, 4.69) is 106 Å². The van der Waals surface area contributed by atoms with Crippen molar-refractivity contribution in [2.24, 2.45) is 0 Å². The van der Waals surface area contributed by atoms with Crippen LogP contribution in [0.2, 0.25) is 0 Å². The van der Waals surface area contributed by atoms with Gasteiger partial charge in [-0.1, -0.05) is 305 Å². The molecule has 0 radical (unpaired) electrons. The molecule has 0 bridgehead atoms. The molecule has 1 unspecified atom stereocenters. The molecular weight excluding hydrogens is 961 g/mol. The lowest BCUT2D eigenvalue weighted by Gasteiger charge is -2.18. The fourth-order valence-electron chi connectivity index (χ4n) is 9.62. The molecule has 0 aliphatic heterocycles. The molecule has 0 aromatic carbocycles. The molecule has 0 aromatic heterocycles. The van der Waals surface area contributed by atoms with Gasteiger partial charge in [0.2, 0.25) is 0 Å². The summed E-state index contributed by atoms with van der Waals surface area (Å²) in [7, 11) is 0. The van der Waals surface area contributed by atoms with Gasteiger partial charge in [0.15, 0.2) is 6.10 Å². The monoisotopic (exact) mass is 1090 g/mol. The van der Waals surface area contributed by atoms with Gasteiger partial charge in [0.1, 0.15) is 13.2 Å². The first kappa shape index (κ1) is 74.6. The highest BCUT2D eigenvalue weighted by molar-refractivity contribution is 5.71. The zero-order chi connectivity index (χ0) is 56.4. The van der Waals surface area contributed by atoms with Crippen molar-refractivity contribution in [1.29, 1.82) is 0 Å². The SMILES string of the molecule is CC/C=C\C/C=C\C/C=C\C/C=C\C/C=C\CCCCCCCCCCCCCCCCCC(=O)OCC(COC(=O)CCCCCCCCCCCCCCCC)OC(=O)CCCCCCC/C=C\C/C=C\CCCCC. The molecule has 0 spiro atoms. The van der Waals surface area contributed by atoms with Crippen LogP contribution in [0.5, 0.6) is 0 Å². The van der Waals surface area contributed by atoms with Gasteiger partial charge in [-0.05, 0) is 96.3 Å². The van der Waals surface area contributed by atoms with Crippen molar-refractivity contribution >= 4 is 17.9 Å². The third-order valence-corrected chi connectivity index (χ3v) is 14.6. The molecule has 450 valence electrons. The van der Waals surface area contributed by atoms with Crippen LogP contribution in [0, 0.1) is 0 Å². The zero-order valence-corrected chi connectivity index (χ0v) is 51.7. The fourth-order valence-corrected chi connectivity index (χ4v) is 9.62. The molecular formula is C72H126O6. The van der Waals surface area contributed by atoms with Gasteiger partial charge in [-0.2, -0.15) is 0 Å². The summed E-state index contributed by atoms with van der Waals surface area (Å²) >= 11 is 0. The van der Waals surface area contributed by atoms with Crippen LogP contribution >= 0.6 is 0 Å². The van der Waals surface area contributed by atoms with E-state index in [0.29, 0.717) is 19.3 Å². The van der Waals surface area contributed by atoms with Gasteiger partial charge in [-0.15, -0.1) is 0 Å². The standard InChI is InChI=1S/C72H126O6/c1-4-7-10-13-16-19-22-25-28-29-30-31-32-33-34-35-36-37-38-39-40-41-42-43-45-47-50-53-56-59-62-65-71(74)77-68-69(67-76-70(73)64-61-58-55-52-49-46-27-24-21-18-15-12-9-6-3)78-72(75)66-63-60-57-54-51-48-44-26-23-20-17-14-11-8-5-2/h7,10,16-17,19-20,25-26,28,30-31,33-34,44,69H,4-6,8-9,11-15,18,21-24,27,29,32,35-43,45-68H2,1-3H3/b10-7-,19-16-,20-17-,28-25-,31-30-,34-33-,44-26-. The number of esters is 3. The molecule has 0 saturated carbocycles. The summed E-state index contributed by atoms with van der Waals surface area (Å²) in [6.07, 6.45) is 87.4. The summed E-state index contributed by atoms with van der Waals surface area (Å²) in [4.78, 5) is 38.3. The van der Waals surface area contributed by atoms with Crippen molar-refractivity contribution < 1.29 is 28.6 Å². The second-order valence-electron chi connectivity index (χ2n) is 22.4. The summed E-state index contributed by atoms with van der Waals surface area (Å²) in [6.45, 7) is 6.53. The van der Waals surface area contributed by atoms with Crippen LogP contribution in [0.4, 0.5) is 0 Å². The van der Waals surface area contributed by atoms with Crippen molar-refractivity contribution in [3.05, 3.63) is 85.1 Å². The highest BCUT2D eigenvalue weighted by Gasteiger charge is 2.19. The summed E-state index contributed by atoms with van der Waals surface area (Å²) in [6, 6.07) is 0. The van der Waals surface area contributed by atoms with Gasteiger partial charge in [-0.3, -0.25) is 14.4 Å². The van der Waals surface area contributed by atoms with E-state index in [9.17, 15) is 14.4 Å². The molecule has 0 aliphatic carbocycles. The van der Waals surface area contributed by atoms with Crippen molar-refractivity contribution in [1.82, 2.24) is 0 Å². The number of ether oxygens (including phenoxy) is 3. The first-order valence-corrected chi connectivity index (χ1v) is 33.6. The fraction of sp³-hybridized carbons (Fsp3) is 0.764. The summed E-state index contributed by atoms with van der Waals surface area (Å²) in [5.74, 6) is -0.875. The minimum Gasteiger partial charge on any atom is -0.462 e. The Morgan fingerprint density at radius 1 is 0.269 bits per heavy atom. The topological polar surface area (TPSA) is 78.9 Å². The van der Waals surface area contributed by atoms with Crippen molar-refractivity contribution in [3.63, 3.8) is 0 Å². The average Bonchev–Trinajstić information content (AvgIpc) is 3.44. The number of carbonyl (C=O) groups is 3. The van der Waals surface area contributed by atoms with Crippen LogP contribution in [0.3, 0.4) is 0 Å². The Labute approximate surface area is 484 Å². The Kier molecular flexibility index (Phi) is 63.2. The molecule has 0 amide bonds. The van der Waals surface area contributed by atoms with Gasteiger partial charge < -0.3 is 14.2 Å². The van der Waals surface area contributed by atoms with Crippen LogP contribution in [-0.2, 0) is 28.6 Å². The first-order valence-electron chi connectivity index (χ1n) is 33.6. The molecule has 78 heavy (non-hydrogen) atoms. The van der Waals surface area contributed by atoms with Crippen LogP contribution < -0.4 is 0 Å². The predicted octanol–water partition coefficient (Wildman–Crippen LogP) is 23.1. The Balaban J connectivity index is 4.20. The lowest BCUT2D eigenvalue weighted by molar-refractivity contribution is -0.167. The van der Waals surface area contributed by atoms with E-state index < -0.39 is 6.10 Å². The number of hydrogen-bond acceptors (Lipinski definition) is 6. The number of allylic oxidation sites excluding steroid dienone is 14. The van der Waals surface area contributed by atoms with Crippen LogP contribution in [0.1, 0.15) is 335 Å². The van der Waals surface area contributed by atoms with Gasteiger partial charge in [-0.25, -0.2) is 0 Å². The average molecular weight is 1090 g/mol. The largest absolute Gasteiger partial charge is 0.462 e. The lowest BCUT2D eigenvalue weighted by atomic mass is 10.0. The smallest absolute Gasteiger partial charge is 0.306 e. The maximum atomic E-state index is 12.9. The molecule has 0 saturated heterocycles. The van der Waals surface area contributed by atoms with E-state index >= 15 is 0 Å². The van der Waals surface area contributed by atoms with E-state index in [1.165, 1.54) is 180 Å². The molecule has 0 fully saturated rings. The Hall–Kier alpha value is -3.41.